The fourth-order valence-corrected chi connectivity index (χ4v) is 17.4. The van der Waals surface area contributed by atoms with Crippen molar-refractivity contribution in [1.82, 2.24) is 73.8 Å². The number of carbonyl (C=O) groups is 13. The smallest absolute Gasteiger partial charge is 0.480 e. The summed E-state index contributed by atoms with van der Waals surface area (Å²) in [6.45, 7) is 12.3. The number of nitrogens with one attached hydrogen (secondary N) is 15. The molecule has 0 fully saturated rings. The van der Waals surface area contributed by atoms with E-state index >= 15 is 14.4 Å². The molecule has 11 amide bonds. The van der Waals surface area contributed by atoms with Crippen LogP contribution in [-0.2, 0) is 75.1 Å². The minimum absolute atomic E-state index is 0.00509. The molecular formula is C83H124N22O17S4. The van der Waals surface area contributed by atoms with Gasteiger partial charge in [0.1, 0.15) is 76.2 Å². The van der Waals surface area contributed by atoms with Crippen LogP contribution in [0.1, 0.15) is 154 Å². The van der Waals surface area contributed by atoms with Gasteiger partial charge in [0.25, 0.3) is 0 Å². The van der Waals surface area contributed by atoms with E-state index in [0.717, 1.165) is 5.56 Å². The number of guanidine groups is 2. The molecule has 0 unspecified atom stereocenters. The summed E-state index contributed by atoms with van der Waals surface area (Å²) in [5.74, 6) is -10.5. The van der Waals surface area contributed by atoms with Crippen molar-refractivity contribution in [2.45, 2.75) is 224 Å². The van der Waals surface area contributed by atoms with Crippen LogP contribution in [0.3, 0.4) is 0 Å². The Morgan fingerprint density at radius 3 is 1.58 bits per heavy atom. The molecule has 5 aromatic rings. The first-order chi connectivity index (χ1) is 60.0. The van der Waals surface area contributed by atoms with Crippen molar-refractivity contribution in [2.75, 3.05) is 50.0 Å². The number of aliphatic hydroxyl groups is 1. The molecule has 0 radical (unpaired) electrons. The fraction of sp³-hybridized carbons (Fsp3) is 0.554. The second-order valence-electron chi connectivity index (χ2n) is 31.7. The zero-order valence-electron chi connectivity index (χ0n) is 72.1. The number of carboxylic acid groups (broad SMARTS) is 1. The van der Waals surface area contributed by atoms with E-state index in [1.807, 2.05) is 26.0 Å². The minimum atomic E-state index is -1.57. The van der Waals surface area contributed by atoms with Crippen LogP contribution in [0, 0.1) is 28.6 Å². The van der Waals surface area contributed by atoms with Crippen molar-refractivity contribution in [3.05, 3.63) is 95.1 Å². The van der Waals surface area contributed by atoms with Gasteiger partial charge in [0.15, 0.2) is 18.0 Å². The summed E-state index contributed by atoms with van der Waals surface area (Å²) in [6, 6.07) is 6.37. The quantitative estimate of drug-likeness (QED) is 0.00662. The van der Waals surface area contributed by atoms with Gasteiger partial charge >= 0.3 is 12.1 Å². The number of H-pyrrole nitrogens is 1. The first kappa shape index (κ1) is 104. The Kier molecular flexibility index (Phi) is 44.7. The Balaban J connectivity index is 1.12. The Morgan fingerprint density at radius 2 is 1.05 bits per heavy atom. The van der Waals surface area contributed by atoms with Crippen LogP contribution in [0.25, 0.3) is 21.1 Å². The molecule has 43 heteroatoms. The molecular weight excluding hydrogens is 1710 g/mol. The molecule has 126 heavy (non-hydrogen) atoms. The Bertz CT molecular complexity index is 4520. The lowest BCUT2D eigenvalue weighted by Crippen LogP contribution is -2.61. The number of primary amides is 1. The summed E-state index contributed by atoms with van der Waals surface area (Å²) >= 11 is 2.59. The van der Waals surface area contributed by atoms with Crippen molar-refractivity contribution < 1.29 is 82.0 Å². The average Bonchev–Trinajstić information content (AvgIpc) is 1.66. The van der Waals surface area contributed by atoms with E-state index in [4.69, 9.17) is 49.0 Å². The topological polar surface area (TPSA) is 644 Å². The predicted molar refractivity (Wildman–Crippen MR) is 486 cm³/mol. The maximum absolute atomic E-state index is 15.2. The number of hydrogen-bond donors (Lipinski definition) is 22. The Morgan fingerprint density at radius 1 is 0.556 bits per heavy atom. The Labute approximate surface area is 748 Å². The third kappa shape index (κ3) is 36.2. The van der Waals surface area contributed by atoms with E-state index in [1.165, 1.54) is 51.6 Å². The maximum atomic E-state index is 15.2. The van der Waals surface area contributed by atoms with Crippen LogP contribution in [0.5, 0.6) is 5.75 Å². The number of unbranched alkanes of at least 4 members (excludes halogenated alkanes) is 2. The number of benzene rings is 3. The van der Waals surface area contributed by atoms with Crippen LogP contribution in [-0.4, -0.2) is 237 Å². The number of aliphatic imine (C=N–C) groups is 1. The number of aromatic nitrogens is 2. The number of nitrogens with two attached hydrogens (primary N) is 5. The lowest BCUT2D eigenvalue weighted by atomic mass is 9.98. The molecule has 1 aliphatic heterocycles. The summed E-state index contributed by atoms with van der Waals surface area (Å²) in [5, 5.41) is 70.2. The normalized spacial score (nSPS) is 15.1. The number of para-hydroxylation sites is 1. The second kappa shape index (κ2) is 54.2. The van der Waals surface area contributed by atoms with Gasteiger partial charge < -0.3 is 117 Å². The first-order valence-electron chi connectivity index (χ1n) is 42.1. The molecule has 2 aromatic heterocycles. The highest BCUT2D eigenvalue weighted by molar-refractivity contribution is 8.76. The van der Waals surface area contributed by atoms with Crippen LogP contribution in [0.2, 0.25) is 0 Å². The standard InChI is InChI=1S/C83H124N22O17S4/c1-45(2)38-60(74(114)98-59(68(86)108)40-49-20-9-8-10-21-49)99-70(110)56(25-14-16-32-85)96-75(115)62(41-50-43-93-53-23-12-11-22-52(50)53)100-71(111)57(26-17-33-91-81(87)88)94-69(109)55(24-13-15-31-84)95-73(113)61(39-46(3)4)101-76(116)66(47(5)6)105-72(112)58(27-18-34-92-82(89)90)97-77(117)67(48(7)106)104-65(107)30-37-125-124-36-19-35-121-83(120)122-51-28-29-54-64(42-51)126-79(102-54)78-103-63(44-123-78)80(118)119/h8-12,20-23,28-29,42-43,45-48,55-63,66-67,93,106H,13-19,24-27,30-41,44,84-85H2,1-7H3,(H2,86,108)(H,94,109)(H,95,113)(H,96,115)(H,97,117)(H,98,114)(H,99,110)(H,100,111)(H,101,116)(H,104,107)(H,105,112)(H,118,119)(H4,87,88,91)(H4,89,90,92)/t48-,55+,56+,57+,58+,59+,60+,61+,62+,63-,66+,67+/m1/s1. The molecule has 3 aromatic carbocycles. The highest BCUT2D eigenvalue weighted by Crippen LogP contribution is 2.33. The van der Waals surface area contributed by atoms with Gasteiger partial charge in [0.2, 0.25) is 65.0 Å². The molecule has 27 N–H and O–H groups in total. The second-order valence-corrected chi connectivity index (χ2v) is 36.4. The van der Waals surface area contributed by atoms with E-state index in [1.54, 1.807) is 94.6 Å². The van der Waals surface area contributed by atoms with Gasteiger partial charge in [-0.25, -0.2) is 14.6 Å². The van der Waals surface area contributed by atoms with Crippen molar-refractivity contribution in [1.29, 1.82) is 10.8 Å². The number of aliphatic carboxylic acids is 1. The van der Waals surface area contributed by atoms with Gasteiger partial charge in [0.05, 0.1) is 22.9 Å². The summed E-state index contributed by atoms with van der Waals surface area (Å²) in [4.78, 5) is 194. The molecule has 39 nitrogen and oxygen atoms in total. The lowest BCUT2D eigenvalue weighted by Gasteiger charge is -2.30. The average molecular weight is 1830 g/mol. The third-order valence-corrected chi connectivity index (χ3v) is 24.5. The van der Waals surface area contributed by atoms with Gasteiger partial charge in [-0.15, -0.1) is 23.1 Å². The number of aromatic amines is 1. The summed E-state index contributed by atoms with van der Waals surface area (Å²) < 4.78 is 11.3. The van der Waals surface area contributed by atoms with Crippen molar-refractivity contribution in [3.63, 3.8) is 0 Å². The molecule has 692 valence electrons. The maximum Gasteiger partial charge on any atom is 0.513 e. The summed E-state index contributed by atoms with van der Waals surface area (Å²) in [6.07, 6.45) is 1.02. The zero-order chi connectivity index (χ0) is 92.5. The van der Waals surface area contributed by atoms with Gasteiger partial charge in [-0.1, -0.05) is 112 Å². The number of hydrogen-bond acceptors (Lipinski definition) is 26. The zero-order valence-corrected chi connectivity index (χ0v) is 75.3. The van der Waals surface area contributed by atoms with E-state index < -0.39 is 156 Å². The number of ether oxygens (including phenoxy) is 2. The molecule has 0 saturated carbocycles. The number of fused-ring (bicyclic) bond motifs is 2. The highest BCUT2D eigenvalue weighted by atomic mass is 33.1. The summed E-state index contributed by atoms with van der Waals surface area (Å²) in [7, 11) is 2.73. The van der Waals surface area contributed by atoms with Crippen molar-refractivity contribution in [3.8, 4) is 5.75 Å². The third-order valence-electron chi connectivity index (χ3n) is 19.8. The number of carbonyl (C=O) groups excluding carboxylic acids is 12. The van der Waals surface area contributed by atoms with Crippen LogP contribution in [0.15, 0.2) is 84.0 Å². The number of nitrogens with zero attached hydrogens (tertiary/aromatic N) is 2. The van der Waals surface area contributed by atoms with Crippen LogP contribution in [0.4, 0.5) is 4.79 Å². The monoisotopic (exact) mass is 1830 g/mol. The van der Waals surface area contributed by atoms with Crippen LogP contribution < -0.4 is 97.2 Å². The molecule has 0 aliphatic carbocycles. The SMILES string of the molecule is CC(C)C[C@H](NC(=O)[C@H](CCCCN)NC(=O)[C@H](Cc1c[nH]c2ccccc12)NC(=O)[C@H](CCCNC(=N)N)NC(=O)[C@H](CCCCN)NC(=O)[C@H](CC(C)C)NC(=O)[C@@H](NC(=O)[C@H](CCCNC(=N)N)NC(=O)[C@@H](NC(=O)CCSSCCCOC(=O)Oc1ccc2nc(C3=N[C@@H](C(=O)O)CS3)sc2c1)[C@@H](C)O)C(C)C)C(=O)N[C@@H](Cc1ccccc1)C(N)=O. The molecule has 1 aliphatic rings. The number of rotatable bonds is 57. The van der Waals surface area contributed by atoms with Crippen molar-refractivity contribution >= 4 is 160 Å². The van der Waals surface area contributed by atoms with E-state index in [2.05, 4.69) is 78.8 Å². The summed E-state index contributed by atoms with van der Waals surface area (Å²) in [5.41, 5.74) is 31.5. The van der Waals surface area contributed by atoms with E-state index in [0.29, 0.717) is 73.9 Å². The number of thioether (sulfide) groups is 1. The molecule has 0 bridgehead atoms. The van der Waals surface area contributed by atoms with E-state index in [9.17, 15) is 58.2 Å². The molecule has 6 rings (SSSR count). The molecule has 12 atom stereocenters. The van der Waals surface area contributed by atoms with Gasteiger partial charge in [-0.2, -0.15) is 0 Å². The number of carboxylic acids is 1. The minimum Gasteiger partial charge on any atom is -0.480 e. The van der Waals surface area contributed by atoms with E-state index in [-0.39, 0.29) is 145 Å². The fourth-order valence-electron chi connectivity index (χ4n) is 13.3. The highest BCUT2D eigenvalue weighted by Gasteiger charge is 2.39. The van der Waals surface area contributed by atoms with Gasteiger partial charge in [-0.3, -0.25) is 68.6 Å². The molecule has 0 spiro atoms. The number of aliphatic hydroxyl groups excluding tert-OH is 1. The molecule has 3 heterocycles. The van der Waals surface area contributed by atoms with Crippen molar-refractivity contribution in [2.24, 2.45) is 51.4 Å². The van der Waals surface area contributed by atoms with Gasteiger partial charge in [-0.05, 0) is 151 Å². The predicted octanol–water partition coefficient (Wildman–Crippen LogP) is 2.13. The first-order valence-corrected chi connectivity index (χ1v) is 46.4. The number of thiazole rings is 1. The number of amides is 11. The molecule has 0 saturated heterocycles. The van der Waals surface area contributed by atoms with Crippen LogP contribution >= 0.6 is 44.7 Å². The van der Waals surface area contributed by atoms with Gasteiger partial charge in [0, 0.05) is 72.8 Å². The Hall–Kier alpha value is -10.9. The lowest BCUT2D eigenvalue weighted by molar-refractivity contribution is -0.138. The largest absolute Gasteiger partial charge is 0.513 e.